The summed E-state index contributed by atoms with van der Waals surface area (Å²) in [4.78, 5) is 2.66. The molecule has 0 bridgehead atoms. The van der Waals surface area contributed by atoms with Crippen LogP contribution < -0.4 is 5.32 Å². The van der Waals surface area contributed by atoms with Crippen molar-refractivity contribution >= 4 is 65.6 Å². The zero-order valence-electron chi connectivity index (χ0n) is 26.3. The second kappa shape index (κ2) is 8.39. The Morgan fingerprint density at radius 3 is 2.22 bits per heavy atom. The van der Waals surface area contributed by atoms with Crippen molar-refractivity contribution in [2.75, 3.05) is 0 Å². The van der Waals surface area contributed by atoms with E-state index in [4.69, 9.17) is 4.42 Å². The van der Waals surface area contributed by atoms with Crippen LogP contribution >= 0.6 is 0 Å². The molecule has 1 aliphatic carbocycles. The highest BCUT2D eigenvalue weighted by Crippen LogP contribution is 2.69. The third-order valence-electron chi connectivity index (χ3n) is 11.9. The van der Waals surface area contributed by atoms with Crippen molar-refractivity contribution < 1.29 is 4.42 Å². The summed E-state index contributed by atoms with van der Waals surface area (Å²) in [5, 5.41) is 11.6. The number of aromatic nitrogens is 2. The summed E-state index contributed by atoms with van der Waals surface area (Å²) >= 11 is 0. The largest absolute Gasteiger partial charge is 0.456 e. The van der Waals surface area contributed by atoms with Crippen molar-refractivity contribution in [1.29, 1.82) is 0 Å². The minimum Gasteiger partial charge on any atom is -0.456 e. The average Bonchev–Trinajstić information content (AvgIpc) is 3.65. The lowest BCUT2D eigenvalue weighted by atomic mass is 9.96. The molecule has 0 amide bonds. The fourth-order valence-corrected chi connectivity index (χ4v) is 9.95. The summed E-state index contributed by atoms with van der Waals surface area (Å²) in [7, 11) is 0. The molecule has 0 saturated carbocycles. The van der Waals surface area contributed by atoms with Gasteiger partial charge >= 0.3 is 0 Å². The maximum atomic E-state index is 6.63. The summed E-state index contributed by atoms with van der Waals surface area (Å²) in [5.41, 5.74) is 11.7. The summed E-state index contributed by atoms with van der Waals surface area (Å²) in [5.74, 6) is 0. The van der Waals surface area contributed by atoms with Crippen LogP contribution in [0.4, 0.5) is 0 Å². The quantitative estimate of drug-likeness (QED) is 0.194. The number of rotatable bonds is 2. The lowest BCUT2D eigenvalue weighted by molar-refractivity contribution is 0.390. The normalized spacial score (nSPS) is 24.6. The second-order valence-corrected chi connectivity index (χ2v) is 14.1. The first-order valence-corrected chi connectivity index (χ1v) is 17.2. The van der Waals surface area contributed by atoms with Crippen LogP contribution in [0.1, 0.15) is 11.7 Å². The summed E-state index contributed by atoms with van der Waals surface area (Å²) in [6.07, 6.45) is 9.28. The molecule has 3 aromatic heterocycles. The van der Waals surface area contributed by atoms with E-state index in [9.17, 15) is 0 Å². The van der Waals surface area contributed by atoms with Gasteiger partial charge in [0.05, 0.1) is 28.1 Å². The van der Waals surface area contributed by atoms with Crippen molar-refractivity contribution in [1.82, 2.24) is 19.4 Å². The molecule has 5 heteroatoms. The third-order valence-corrected chi connectivity index (χ3v) is 11.9. The molecule has 0 radical (unpaired) electrons. The van der Waals surface area contributed by atoms with Gasteiger partial charge in [0.2, 0.25) is 0 Å². The van der Waals surface area contributed by atoms with Crippen LogP contribution in [-0.2, 0) is 5.66 Å². The highest BCUT2D eigenvalue weighted by molar-refractivity contribution is 6.29. The SMILES string of the molecule is C1=CC2NC34c5cc6oc7ccccc7c6c6c7cc(-c8ccc9c(c8)c8ccccc8n9-c8ccccc8)ccc7n(c56)C3N4C2C=C1. The van der Waals surface area contributed by atoms with Gasteiger partial charge in [0.1, 0.15) is 23.0 Å². The zero-order valence-corrected chi connectivity index (χ0v) is 26.3. The van der Waals surface area contributed by atoms with Gasteiger partial charge in [-0.2, -0.15) is 0 Å². The minimum absolute atomic E-state index is 0.208. The number of furan rings is 1. The average molecular weight is 629 g/mol. The monoisotopic (exact) mass is 628 g/mol. The molecular formula is C44H28N4O. The predicted molar refractivity (Wildman–Crippen MR) is 198 cm³/mol. The maximum absolute atomic E-state index is 6.63. The Morgan fingerprint density at radius 2 is 1.33 bits per heavy atom. The molecule has 5 unspecified atom stereocenters. The first kappa shape index (κ1) is 25.2. The van der Waals surface area contributed by atoms with Gasteiger partial charge in [0, 0.05) is 49.6 Å². The number of nitrogens with one attached hydrogen (secondary N) is 1. The van der Waals surface area contributed by atoms with Crippen molar-refractivity contribution in [3.05, 3.63) is 151 Å². The number of hydrogen-bond donors (Lipinski definition) is 1. The van der Waals surface area contributed by atoms with E-state index in [2.05, 4.69) is 165 Å². The van der Waals surface area contributed by atoms with Gasteiger partial charge in [-0.25, -0.2) is 4.90 Å². The van der Waals surface area contributed by atoms with Gasteiger partial charge in [0.25, 0.3) is 0 Å². The molecule has 1 N–H and O–H groups in total. The number of hydrogen-bond acceptors (Lipinski definition) is 3. The van der Waals surface area contributed by atoms with Crippen molar-refractivity contribution in [3.8, 4) is 16.8 Å². The summed E-state index contributed by atoms with van der Waals surface area (Å²) in [6.45, 7) is 0. The van der Waals surface area contributed by atoms with E-state index in [0.717, 1.165) is 11.2 Å². The highest BCUT2D eigenvalue weighted by Gasteiger charge is 2.76. The Labute approximate surface area is 280 Å². The van der Waals surface area contributed by atoms with Crippen molar-refractivity contribution in [3.63, 3.8) is 0 Å². The van der Waals surface area contributed by atoms with E-state index in [-0.39, 0.29) is 11.8 Å². The zero-order chi connectivity index (χ0) is 31.6. The lowest BCUT2D eigenvalue weighted by Crippen LogP contribution is -2.38. The van der Waals surface area contributed by atoms with E-state index >= 15 is 0 Å². The number of allylic oxidation sites excluding steroid dienone is 2. The molecule has 5 atom stereocenters. The van der Waals surface area contributed by atoms with Gasteiger partial charge in [-0.3, -0.25) is 5.32 Å². The Bertz CT molecular complexity index is 3010. The first-order chi connectivity index (χ1) is 24.3. The number of piperazine rings is 1. The fraction of sp³-hybridized carbons (Fsp3) is 0.0909. The van der Waals surface area contributed by atoms with Gasteiger partial charge in [-0.15, -0.1) is 0 Å². The van der Waals surface area contributed by atoms with E-state index in [1.165, 1.54) is 76.8 Å². The Morgan fingerprint density at radius 1 is 0.592 bits per heavy atom. The summed E-state index contributed by atoms with van der Waals surface area (Å²) in [6, 6.07) is 45.0. The number of benzene rings is 6. The Hall–Kier alpha value is -5.88. The number of para-hydroxylation sites is 3. The van der Waals surface area contributed by atoms with Crippen LogP contribution in [0.15, 0.2) is 150 Å². The van der Waals surface area contributed by atoms with Crippen LogP contribution in [0.2, 0.25) is 0 Å². The van der Waals surface area contributed by atoms with Gasteiger partial charge in [-0.1, -0.05) is 91.0 Å². The minimum atomic E-state index is -0.208. The van der Waals surface area contributed by atoms with Crippen molar-refractivity contribution in [2.45, 2.75) is 23.9 Å². The van der Waals surface area contributed by atoms with Crippen LogP contribution in [0.3, 0.4) is 0 Å². The van der Waals surface area contributed by atoms with E-state index in [1.54, 1.807) is 0 Å². The molecule has 13 rings (SSSR count). The van der Waals surface area contributed by atoms with Gasteiger partial charge < -0.3 is 13.6 Å². The summed E-state index contributed by atoms with van der Waals surface area (Å²) < 4.78 is 11.6. The molecule has 6 aromatic carbocycles. The maximum Gasteiger partial charge on any atom is 0.138 e. The van der Waals surface area contributed by atoms with Crippen molar-refractivity contribution in [2.24, 2.45) is 0 Å². The fourth-order valence-electron chi connectivity index (χ4n) is 9.95. The molecule has 2 fully saturated rings. The number of nitrogens with zero attached hydrogens (tertiary/aromatic N) is 3. The highest BCUT2D eigenvalue weighted by atomic mass is 16.3. The smallest absolute Gasteiger partial charge is 0.138 e. The Kier molecular flexibility index (Phi) is 4.31. The molecule has 2 saturated heterocycles. The predicted octanol–water partition coefficient (Wildman–Crippen LogP) is 9.90. The van der Waals surface area contributed by atoms with E-state index in [0.29, 0.717) is 12.1 Å². The molecule has 5 nitrogen and oxygen atoms in total. The molecule has 1 spiro atoms. The van der Waals surface area contributed by atoms with Gasteiger partial charge in [-0.05, 0) is 65.7 Å². The van der Waals surface area contributed by atoms with Gasteiger partial charge in [0.15, 0.2) is 0 Å². The Balaban J connectivity index is 1.08. The molecule has 9 aromatic rings. The second-order valence-electron chi connectivity index (χ2n) is 14.1. The molecule has 4 aliphatic rings. The molecule has 6 heterocycles. The third kappa shape index (κ3) is 2.85. The standard InChI is InChI=1S/C44H28N4O/c1-2-10-27(11-3-1)46-34-15-7-4-12-28(34)30-22-25(18-20-35(30)46)26-19-21-36-31(23-26)41-40-29-13-5-9-17-38(29)49-39(40)24-32-42(41)47(36)43-44(32)45-33-14-6-8-16-37(33)48(43)44/h1-24,33,37,43,45H. The van der Waals surface area contributed by atoms with Crippen LogP contribution in [-0.4, -0.2) is 26.1 Å². The van der Waals surface area contributed by atoms with E-state index in [1.807, 2.05) is 0 Å². The van der Waals surface area contributed by atoms with Crippen LogP contribution in [0, 0.1) is 0 Å². The van der Waals surface area contributed by atoms with Crippen LogP contribution in [0.5, 0.6) is 0 Å². The van der Waals surface area contributed by atoms with Crippen LogP contribution in [0.25, 0.3) is 82.4 Å². The number of fused-ring (bicyclic) bond motifs is 14. The topological polar surface area (TPSA) is 38.0 Å². The van der Waals surface area contributed by atoms with E-state index < -0.39 is 0 Å². The molecule has 49 heavy (non-hydrogen) atoms. The molecule has 230 valence electrons. The molecule has 3 aliphatic heterocycles. The lowest BCUT2D eigenvalue weighted by Gasteiger charge is -2.22. The molecular weight excluding hydrogens is 601 g/mol. The first-order valence-electron chi connectivity index (χ1n) is 17.2.